The number of H-pyrrole nitrogens is 4. The van der Waals surface area contributed by atoms with Crippen LogP contribution in [0.4, 0.5) is 32.3 Å². The number of amides is 8. The molecule has 8 amide bonds. The number of aromatic nitrogens is 8. The molecule has 0 spiro atoms. The van der Waals surface area contributed by atoms with Crippen LogP contribution in [-0.2, 0) is 44.4 Å². The summed E-state index contributed by atoms with van der Waals surface area (Å²) in [5.41, 5.74) is 1.63. The zero-order chi connectivity index (χ0) is 82.2. The molecule has 28 nitrogen and oxygen atoms in total. The van der Waals surface area contributed by atoms with E-state index in [1.54, 1.807) is 56.2 Å². The number of ether oxygens (including phenoxy) is 3. The van der Waals surface area contributed by atoms with Gasteiger partial charge in [0, 0.05) is 48.4 Å². The number of aromatic amines is 4. The second-order valence-electron chi connectivity index (χ2n) is 30.6. The molecule has 4 aliphatic rings. The molecule has 7 N–H and O–H groups in total. The van der Waals surface area contributed by atoms with Crippen molar-refractivity contribution in [2.24, 2.45) is 47.3 Å². The van der Waals surface area contributed by atoms with Gasteiger partial charge in [-0.15, -0.1) is 5.06 Å². The van der Waals surface area contributed by atoms with E-state index in [0.29, 0.717) is 97.9 Å². The molecule has 10 rings (SSSR count). The fourth-order valence-electron chi connectivity index (χ4n) is 14.5. The van der Waals surface area contributed by atoms with E-state index < -0.39 is 102 Å². The molecule has 0 aliphatic carbocycles. The number of nitrogens with one attached hydrogen (secondary N) is 7. The summed E-state index contributed by atoms with van der Waals surface area (Å²) in [5.74, 6) is 22.5. The van der Waals surface area contributed by atoms with Crippen LogP contribution >= 0.6 is 45.2 Å². The molecule has 0 bridgehead atoms. The molecule has 33 heteroatoms. The summed E-state index contributed by atoms with van der Waals surface area (Å²) in [4.78, 5) is 154. The van der Waals surface area contributed by atoms with Gasteiger partial charge in [0.25, 0.3) is 0 Å². The number of carbonyl (C=O) groups excluding carboxylic acids is 8. The number of alkyl carbamates (subject to hydrolysis) is 2. The lowest BCUT2D eigenvalue weighted by Gasteiger charge is -2.35. The lowest BCUT2D eigenvalue weighted by atomic mass is 10.0. The number of methoxy groups -OCH3 is 3. The zero-order valence-electron chi connectivity index (χ0n) is 65.4. The van der Waals surface area contributed by atoms with Crippen molar-refractivity contribution in [3.8, 4) is 47.4 Å². The number of halogens is 5. The van der Waals surface area contributed by atoms with Crippen molar-refractivity contribution < 1.29 is 70.6 Å². The Labute approximate surface area is 681 Å². The zero-order valence-corrected chi connectivity index (χ0v) is 69.7. The van der Waals surface area contributed by atoms with Crippen molar-refractivity contribution in [1.29, 1.82) is 0 Å². The van der Waals surface area contributed by atoms with E-state index in [4.69, 9.17) is 29.0 Å². The van der Waals surface area contributed by atoms with E-state index in [0.717, 1.165) is 18.7 Å². The second kappa shape index (κ2) is 36.7. The number of alkyl halides is 3. The van der Waals surface area contributed by atoms with Crippen LogP contribution < -0.4 is 16.0 Å². The first-order valence-electron chi connectivity index (χ1n) is 37.3. The molecule has 2 unspecified atom stereocenters. The number of carbonyl (C=O) groups is 8. The SMILES string of the molecule is COC(=O)NC(C(=O)N1C[C@@H](C)C[C@H]1c1ncc(C#Cc2ccc(C#Cc3cnc([C@@H]4C[C@H](C)CN4C(=O)C(C(C)C)N(OC(=O)N[C@H](C(=O)N4C[C@@H](C)C[C@H]4c4nc(I)c(C#Cc5ccc(C#Cc6[nH]c([C@@H]7C[C@H](C)CN7C(=O)[C@@H](NC(=O)OC)C(C)C)nc6I)cc5)[nH]4)C(C)C)C(=O)OC)[nH]3)c(C(F)(F)F)c2)[nH]1)C(C)C. The first kappa shape index (κ1) is 85.2. The Kier molecular flexibility index (Phi) is 27.7. The van der Waals surface area contributed by atoms with Gasteiger partial charge in [0.05, 0.1) is 63.5 Å². The number of rotatable bonds is 16. The van der Waals surface area contributed by atoms with Gasteiger partial charge >= 0.3 is 30.5 Å². The molecule has 4 aliphatic heterocycles. The molecule has 600 valence electrons. The van der Waals surface area contributed by atoms with Gasteiger partial charge < -0.3 is 74.5 Å². The first-order chi connectivity index (χ1) is 53.5. The van der Waals surface area contributed by atoms with E-state index in [1.165, 1.54) is 43.6 Å². The minimum absolute atomic E-state index is 0.0192. The molecule has 0 radical (unpaired) electrons. The molecule has 12 atom stereocenters. The van der Waals surface area contributed by atoms with Crippen LogP contribution in [0.25, 0.3) is 0 Å². The van der Waals surface area contributed by atoms with Crippen LogP contribution in [0.1, 0.15) is 207 Å². The normalized spacial score (nSPS) is 20.4. The Morgan fingerprint density at radius 3 is 1.21 bits per heavy atom. The van der Waals surface area contributed by atoms with Crippen molar-refractivity contribution in [3.05, 3.63) is 136 Å². The molecule has 6 aromatic rings. The van der Waals surface area contributed by atoms with E-state index >= 15 is 4.79 Å². The monoisotopic (exact) mass is 1780 g/mol. The van der Waals surface area contributed by atoms with Gasteiger partial charge in [0.2, 0.25) is 23.6 Å². The highest BCUT2D eigenvalue weighted by Crippen LogP contribution is 2.41. The number of imidazole rings is 4. The highest BCUT2D eigenvalue weighted by atomic mass is 127. The lowest BCUT2D eigenvalue weighted by Crippen LogP contribution is -2.57. The summed E-state index contributed by atoms with van der Waals surface area (Å²) >= 11 is 4.22. The lowest BCUT2D eigenvalue weighted by molar-refractivity contribution is -0.161. The maximum absolute atomic E-state index is 15.0. The number of benzene rings is 2. The number of likely N-dealkylation sites (tertiary alicyclic amines) is 4. The number of hydrogen-bond acceptors (Lipinski definition) is 16. The third kappa shape index (κ3) is 20.4. The van der Waals surface area contributed by atoms with Gasteiger partial charge in [-0.25, -0.2) is 39.1 Å². The molecular weight excluding hydrogens is 1690 g/mol. The average molecular weight is 1780 g/mol. The summed E-state index contributed by atoms with van der Waals surface area (Å²) < 4.78 is 60.3. The Bertz CT molecular complexity index is 4810. The Hall–Kier alpha value is -10.3. The molecule has 2 aromatic carbocycles. The van der Waals surface area contributed by atoms with E-state index in [2.05, 4.69) is 145 Å². The molecule has 113 heavy (non-hydrogen) atoms. The van der Waals surface area contributed by atoms with Crippen LogP contribution in [-0.4, -0.2) is 184 Å². The third-order valence-electron chi connectivity index (χ3n) is 20.2. The van der Waals surface area contributed by atoms with Gasteiger partial charge in [-0.3, -0.25) is 19.2 Å². The smallest absolute Gasteiger partial charge is 0.443 e. The fraction of sp³-hybridized carbons (Fsp3) is 0.500. The van der Waals surface area contributed by atoms with Gasteiger partial charge in [-0.2, -0.15) is 13.2 Å². The molecule has 8 heterocycles. The minimum Gasteiger partial charge on any atom is -0.453 e. The van der Waals surface area contributed by atoms with E-state index in [9.17, 15) is 46.7 Å². The molecule has 4 fully saturated rings. The summed E-state index contributed by atoms with van der Waals surface area (Å²) in [5, 5.41) is 8.55. The average Bonchev–Trinajstić information content (AvgIpc) is 1.69. The van der Waals surface area contributed by atoms with E-state index in [-0.39, 0.29) is 82.6 Å². The van der Waals surface area contributed by atoms with E-state index in [1.807, 2.05) is 58.9 Å². The Morgan fingerprint density at radius 1 is 0.478 bits per heavy atom. The summed E-state index contributed by atoms with van der Waals surface area (Å²) in [7, 11) is 3.54. The Morgan fingerprint density at radius 2 is 0.841 bits per heavy atom. The highest BCUT2D eigenvalue weighted by Gasteiger charge is 2.48. The van der Waals surface area contributed by atoms with Crippen molar-refractivity contribution in [1.82, 2.24) is 80.5 Å². The van der Waals surface area contributed by atoms with Gasteiger partial charge in [-0.05, 0) is 184 Å². The predicted molar refractivity (Wildman–Crippen MR) is 424 cm³/mol. The summed E-state index contributed by atoms with van der Waals surface area (Å²) in [6, 6.07) is 4.51. The third-order valence-corrected chi connectivity index (χ3v) is 21.8. The number of nitrogens with zero attached hydrogens (tertiary/aromatic N) is 9. The minimum atomic E-state index is -4.84. The Balaban J connectivity index is 0.775. The summed E-state index contributed by atoms with van der Waals surface area (Å²) in [6.07, 6.45) is -3.70. The van der Waals surface area contributed by atoms with Crippen molar-refractivity contribution >= 4 is 93.2 Å². The topological polar surface area (TPSA) is 340 Å². The quantitative estimate of drug-likeness (QED) is 0.0205. The van der Waals surface area contributed by atoms with Gasteiger partial charge in [0.15, 0.2) is 6.04 Å². The molecule has 0 saturated carbocycles. The first-order valence-corrected chi connectivity index (χ1v) is 39.5. The maximum atomic E-state index is 15.0. The van der Waals surface area contributed by atoms with Gasteiger partial charge in [-0.1, -0.05) is 107 Å². The van der Waals surface area contributed by atoms with Crippen LogP contribution in [0.3, 0.4) is 0 Å². The van der Waals surface area contributed by atoms with Crippen molar-refractivity contribution in [2.45, 2.75) is 163 Å². The second-order valence-corrected chi connectivity index (χ2v) is 32.7. The largest absolute Gasteiger partial charge is 0.453 e. The van der Waals surface area contributed by atoms with Crippen LogP contribution in [0.2, 0.25) is 0 Å². The summed E-state index contributed by atoms with van der Waals surface area (Å²) in [6.45, 7) is 23.5. The predicted octanol–water partition coefficient (Wildman–Crippen LogP) is 11.3. The van der Waals surface area contributed by atoms with Crippen LogP contribution in [0.15, 0.2) is 54.9 Å². The maximum Gasteiger partial charge on any atom is 0.443 e. The van der Waals surface area contributed by atoms with Crippen LogP contribution in [0, 0.1) is 102 Å². The number of hydrogen-bond donors (Lipinski definition) is 7. The highest BCUT2D eigenvalue weighted by molar-refractivity contribution is 14.1. The molecule has 4 aromatic heterocycles. The van der Waals surface area contributed by atoms with Gasteiger partial charge in [0.1, 0.15) is 71.6 Å². The van der Waals surface area contributed by atoms with Crippen molar-refractivity contribution in [2.75, 3.05) is 47.5 Å². The van der Waals surface area contributed by atoms with Crippen molar-refractivity contribution in [3.63, 3.8) is 0 Å². The van der Waals surface area contributed by atoms with Crippen LogP contribution in [0.5, 0.6) is 0 Å². The fourth-order valence-corrected chi connectivity index (χ4v) is 15.6. The molecular formula is C80H93F3I2N16O12. The standard InChI is InChI=1S/C80H93F3I2N16O12/c1-41(2)62(92-76(106)110-13)72(102)97-37-45(9)30-58(97)68-86-35-53(88-68)26-21-51-20-24-52(55(34-51)80(81,82)83)25-27-54-36-87-69(89-54)59-31-46(10)40-100(59)75(105)65(44(7)8)101(79(109)112-15)113-78(108)94-64(43(5)6)74(104)99-39-48(12)33-61(99)71-91-57(67(85)96-71)29-23-50-18-16-49(17-19-50)22-28-56-66(84)95-70(90-56)60-32-47(11)38-98(60)73(103)63(42(3)4)93-77(107)111-14/h16-20,24,34-36,41-48,58-65H,30-33,37-40H2,1-15H3,(H,86,88)(H,87,89)(H,90,95)(H,91,96)(H,92,106)(H,93,107)(H,94,108)/t45-,46-,47-,48-,58-,59-,60-,61-,62?,63-,64-,65?/m0/s1. The molecule has 4 saturated heterocycles. The number of hydroxylamine groups is 2.